The molecule has 0 spiro atoms. The Kier molecular flexibility index (Phi) is 7.27. The highest BCUT2D eigenvalue weighted by Crippen LogP contribution is 2.33. The Morgan fingerprint density at radius 1 is 1.13 bits per heavy atom. The summed E-state index contributed by atoms with van der Waals surface area (Å²) in [7, 11) is 1.74. The Hall–Kier alpha value is -1.93. The van der Waals surface area contributed by atoms with E-state index in [2.05, 4.69) is 4.90 Å². The molecular formula is C23H32F2N2O4. The Labute approximate surface area is 182 Å². The molecule has 0 aromatic heterocycles. The molecule has 0 radical (unpaired) electrons. The van der Waals surface area contributed by atoms with Crippen molar-refractivity contribution >= 4 is 6.09 Å². The molecule has 2 saturated heterocycles. The van der Waals surface area contributed by atoms with Crippen LogP contribution in [0.2, 0.25) is 0 Å². The average molecular weight is 439 g/mol. The number of rotatable bonds is 7. The second kappa shape index (κ2) is 10.1. The van der Waals surface area contributed by atoms with Gasteiger partial charge < -0.3 is 19.1 Å². The predicted octanol–water partition coefficient (Wildman–Crippen LogP) is 3.97. The van der Waals surface area contributed by atoms with Crippen LogP contribution in [0.5, 0.6) is 5.75 Å². The summed E-state index contributed by atoms with van der Waals surface area (Å²) in [4.78, 5) is 15.9. The zero-order valence-electron chi connectivity index (χ0n) is 18.2. The van der Waals surface area contributed by atoms with Gasteiger partial charge in [0.25, 0.3) is 0 Å². The largest absolute Gasteiger partial charge is 0.490 e. The van der Waals surface area contributed by atoms with Crippen molar-refractivity contribution in [2.45, 2.75) is 57.3 Å². The number of carbonyl (C=O) groups is 1. The third-order valence-corrected chi connectivity index (χ3v) is 6.47. The maximum absolute atomic E-state index is 14.5. The molecule has 2 heterocycles. The van der Waals surface area contributed by atoms with Gasteiger partial charge in [0, 0.05) is 50.7 Å². The molecule has 6 nitrogen and oxygen atoms in total. The second-order valence-corrected chi connectivity index (χ2v) is 9.00. The van der Waals surface area contributed by atoms with Crippen LogP contribution in [-0.2, 0) is 16.0 Å². The van der Waals surface area contributed by atoms with Crippen LogP contribution in [-0.4, -0.2) is 68.0 Å². The number of ether oxygens (including phenoxy) is 3. The number of carbonyl (C=O) groups excluding carboxylic acids is 1. The molecule has 1 aromatic carbocycles. The molecular weight excluding hydrogens is 406 g/mol. The van der Waals surface area contributed by atoms with E-state index >= 15 is 0 Å². The van der Waals surface area contributed by atoms with E-state index in [9.17, 15) is 13.6 Å². The molecule has 3 aliphatic rings. The molecule has 1 aromatic rings. The minimum atomic E-state index is -0.548. The Morgan fingerprint density at radius 3 is 2.42 bits per heavy atom. The molecule has 1 amide bonds. The number of nitrogens with zero attached hydrogens (tertiary/aromatic N) is 2. The smallest absolute Gasteiger partial charge is 0.409 e. The van der Waals surface area contributed by atoms with Gasteiger partial charge in [-0.15, -0.1) is 0 Å². The molecule has 3 fully saturated rings. The molecule has 172 valence electrons. The molecule has 0 atom stereocenters. The molecule has 4 rings (SSSR count). The van der Waals surface area contributed by atoms with E-state index in [1.165, 1.54) is 12.1 Å². The van der Waals surface area contributed by atoms with E-state index in [0.717, 1.165) is 51.6 Å². The number of amides is 1. The molecule has 8 heteroatoms. The average Bonchev–Trinajstić information content (AvgIpc) is 3.23. The van der Waals surface area contributed by atoms with Crippen LogP contribution in [0, 0.1) is 17.6 Å². The highest BCUT2D eigenvalue weighted by molar-refractivity contribution is 5.67. The van der Waals surface area contributed by atoms with Crippen LogP contribution < -0.4 is 4.74 Å². The van der Waals surface area contributed by atoms with Gasteiger partial charge in [-0.1, -0.05) is 0 Å². The number of hydrogen-bond donors (Lipinski definition) is 0. The van der Waals surface area contributed by atoms with Crippen molar-refractivity contribution in [2.75, 3.05) is 39.9 Å². The van der Waals surface area contributed by atoms with E-state index in [1.54, 1.807) is 11.9 Å². The van der Waals surface area contributed by atoms with Crippen molar-refractivity contribution in [3.05, 3.63) is 29.3 Å². The van der Waals surface area contributed by atoms with E-state index in [-0.39, 0.29) is 29.6 Å². The lowest BCUT2D eigenvalue weighted by atomic mass is 9.82. The number of halogens is 2. The zero-order valence-corrected chi connectivity index (χ0v) is 18.2. The number of likely N-dealkylation sites (tertiary alicyclic amines) is 1. The standard InChI is InChI=1S/C23H32F2N2O4/c1-26(23(28)31-17-4-8-29-9-5-17)14-16-10-18(11-16)30-19-12-21(24)20(22(25)13-19)15-27-6-2-3-7-27/h12-13,16-18H,2-11,14-15H2,1H3. The first-order valence-electron chi connectivity index (χ1n) is 11.3. The zero-order chi connectivity index (χ0) is 21.8. The first-order valence-corrected chi connectivity index (χ1v) is 11.3. The van der Waals surface area contributed by atoms with Gasteiger partial charge in [-0.3, -0.25) is 4.90 Å². The Morgan fingerprint density at radius 2 is 1.77 bits per heavy atom. The topological polar surface area (TPSA) is 51.2 Å². The summed E-state index contributed by atoms with van der Waals surface area (Å²) in [6, 6.07) is 2.58. The summed E-state index contributed by atoms with van der Waals surface area (Å²) in [5, 5.41) is 0. The summed E-state index contributed by atoms with van der Waals surface area (Å²) in [6.07, 6.45) is 4.65. The van der Waals surface area contributed by atoms with Crippen molar-refractivity contribution in [3.8, 4) is 5.75 Å². The summed E-state index contributed by atoms with van der Waals surface area (Å²) in [5.41, 5.74) is 0.116. The van der Waals surface area contributed by atoms with Crippen molar-refractivity contribution in [1.82, 2.24) is 9.80 Å². The van der Waals surface area contributed by atoms with Gasteiger partial charge >= 0.3 is 6.09 Å². The van der Waals surface area contributed by atoms with Crippen molar-refractivity contribution in [1.29, 1.82) is 0 Å². The fourth-order valence-corrected chi connectivity index (χ4v) is 4.56. The van der Waals surface area contributed by atoms with Gasteiger partial charge in [-0.2, -0.15) is 0 Å². The Bertz CT molecular complexity index is 737. The number of hydrogen-bond acceptors (Lipinski definition) is 5. The van der Waals surface area contributed by atoms with Crippen LogP contribution in [0.1, 0.15) is 44.1 Å². The lowest BCUT2D eigenvalue weighted by Crippen LogP contribution is -2.43. The van der Waals surface area contributed by atoms with Crippen molar-refractivity contribution in [2.24, 2.45) is 5.92 Å². The van der Waals surface area contributed by atoms with E-state index in [4.69, 9.17) is 14.2 Å². The van der Waals surface area contributed by atoms with Crippen LogP contribution in [0.3, 0.4) is 0 Å². The molecule has 1 aliphatic carbocycles. The molecule has 2 aliphatic heterocycles. The highest BCUT2D eigenvalue weighted by atomic mass is 19.1. The molecule has 0 unspecified atom stereocenters. The van der Waals surface area contributed by atoms with E-state index < -0.39 is 11.6 Å². The fraction of sp³-hybridized carbons (Fsp3) is 0.696. The number of benzene rings is 1. The maximum Gasteiger partial charge on any atom is 0.409 e. The summed E-state index contributed by atoms with van der Waals surface area (Å²) < 4.78 is 45.5. The highest BCUT2D eigenvalue weighted by Gasteiger charge is 2.33. The van der Waals surface area contributed by atoms with Gasteiger partial charge in [0.05, 0.1) is 19.3 Å². The molecule has 0 bridgehead atoms. The summed E-state index contributed by atoms with van der Waals surface area (Å²) in [6.45, 7) is 3.92. The molecule has 31 heavy (non-hydrogen) atoms. The third kappa shape index (κ3) is 5.86. The van der Waals surface area contributed by atoms with Gasteiger partial charge in [0.1, 0.15) is 23.5 Å². The van der Waals surface area contributed by atoms with Crippen molar-refractivity contribution in [3.63, 3.8) is 0 Å². The first-order chi connectivity index (χ1) is 15.0. The van der Waals surface area contributed by atoms with Crippen LogP contribution in [0.25, 0.3) is 0 Å². The molecule has 0 N–H and O–H groups in total. The second-order valence-electron chi connectivity index (χ2n) is 9.00. The van der Waals surface area contributed by atoms with Crippen molar-refractivity contribution < 1.29 is 27.8 Å². The van der Waals surface area contributed by atoms with E-state index in [0.29, 0.717) is 32.2 Å². The summed E-state index contributed by atoms with van der Waals surface area (Å²) in [5.74, 6) is -0.570. The van der Waals surface area contributed by atoms with Crippen LogP contribution >= 0.6 is 0 Å². The fourth-order valence-electron chi connectivity index (χ4n) is 4.56. The maximum atomic E-state index is 14.5. The minimum Gasteiger partial charge on any atom is -0.490 e. The van der Waals surface area contributed by atoms with Gasteiger partial charge in [0.15, 0.2) is 0 Å². The summed E-state index contributed by atoms with van der Waals surface area (Å²) >= 11 is 0. The minimum absolute atomic E-state index is 0.0700. The first kappa shape index (κ1) is 22.3. The third-order valence-electron chi connectivity index (χ3n) is 6.47. The van der Waals surface area contributed by atoms with Gasteiger partial charge in [-0.05, 0) is 44.7 Å². The van der Waals surface area contributed by atoms with Gasteiger partial charge in [-0.25, -0.2) is 13.6 Å². The van der Waals surface area contributed by atoms with Crippen LogP contribution in [0.15, 0.2) is 12.1 Å². The van der Waals surface area contributed by atoms with Gasteiger partial charge in [0.2, 0.25) is 0 Å². The Balaban J connectivity index is 1.21. The normalized spacial score (nSPS) is 24.6. The van der Waals surface area contributed by atoms with E-state index in [1.807, 2.05) is 0 Å². The lowest BCUT2D eigenvalue weighted by Gasteiger charge is -2.37. The predicted molar refractivity (Wildman–Crippen MR) is 111 cm³/mol. The SMILES string of the molecule is CN(CC1CC(Oc2cc(F)c(CN3CCCC3)c(F)c2)C1)C(=O)OC1CCOCC1. The quantitative estimate of drug-likeness (QED) is 0.645. The van der Waals surface area contributed by atoms with Crippen LogP contribution in [0.4, 0.5) is 13.6 Å². The monoisotopic (exact) mass is 438 g/mol. The molecule has 1 saturated carbocycles. The lowest BCUT2D eigenvalue weighted by molar-refractivity contribution is -0.0136.